The summed E-state index contributed by atoms with van der Waals surface area (Å²) < 4.78 is 10.9. The van der Waals surface area contributed by atoms with Gasteiger partial charge in [-0.15, -0.1) is 11.3 Å². The Labute approximate surface area is 145 Å². The van der Waals surface area contributed by atoms with Gasteiger partial charge in [0.2, 0.25) is 0 Å². The average molecular weight is 347 g/mol. The van der Waals surface area contributed by atoms with Gasteiger partial charge < -0.3 is 20.1 Å². The molecule has 0 bridgehead atoms. The second kappa shape index (κ2) is 7.63. The van der Waals surface area contributed by atoms with Crippen LogP contribution in [-0.2, 0) is 11.3 Å². The summed E-state index contributed by atoms with van der Waals surface area (Å²) >= 11 is 1.54. The predicted octanol–water partition coefficient (Wildman–Crippen LogP) is 3.41. The molecule has 1 heterocycles. The summed E-state index contributed by atoms with van der Waals surface area (Å²) in [5.41, 5.74) is 3.13. The minimum Gasteiger partial charge on any atom is -0.487 e. The van der Waals surface area contributed by atoms with E-state index in [4.69, 9.17) is 9.47 Å². The number of carbonyl (C=O) groups is 1. The molecule has 0 aliphatic heterocycles. The molecule has 1 aromatic carbocycles. The Morgan fingerprint density at radius 3 is 2.96 bits per heavy atom. The van der Waals surface area contributed by atoms with Gasteiger partial charge >= 0.3 is 6.03 Å². The summed E-state index contributed by atoms with van der Waals surface area (Å²) in [5, 5.41) is 7.84. The fraction of sp³-hybridized carbons (Fsp3) is 0.412. The maximum absolute atomic E-state index is 12.2. The number of urea groups is 1. The lowest BCUT2D eigenvalue weighted by Crippen LogP contribution is -2.57. The van der Waals surface area contributed by atoms with Crippen LogP contribution in [0.15, 0.2) is 35.2 Å². The van der Waals surface area contributed by atoms with Gasteiger partial charge in [0.1, 0.15) is 12.4 Å². The number of anilines is 1. The second-order valence-corrected chi connectivity index (χ2v) is 6.66. The highest BCUT2D eigenvalue weighted by Crippen LogP contribution is 2.32. The molecule has 2 aromatic rings. The summed E-state index contributed by atoms with van der Waals surface area (Å²) in [6.07, 6.45) is 3.01. The van der Waals surface area contributed by atoms with Crippen molar-refractivity contribution in [1.29, 1.82) is 0 Å². The minimum atomic E-state index is -0.225. The van der Waals surface area contributed by atoms with E-state index in [1.54, 1.807) is 18.7 Å². The summed E-state index contributed by atoms with van der Waals surface area (Å²) in [5.74, 6) is 0.691. The number of rotatable bonds is 7. The Balaban J connectivity index is 1.54. The van der Waals surface area contributed by atoms with Crippen molar-refractivity contribution in [3.63, 3.8) is 0 Å². The van der Waals surface area contributed by atoms with Crippen molar-refractivity contribution in [3.8, 4) is 5.75 Å². The second-order valence-electron chi connectivity index (χ2n) is 5.94. The van der Waals surface area contributed by atoms with Gasteiger partial charge in [0.05, 0.1) is 23.4 Å². The van der Waals surface area contributed by atoms with Crippen LogP contribution in [0.2, 0.25) is 0 Å². The highest BCUT2D eigenvalue weighted by atomic mass is 32.1. The van der Waals surface area contributed by atoms with E-state index in [-0.39, 0.29) is 11.6 Å². The zero-order chi connectivity index (χ0) is 16.8. The highest BCUT2D eigenvalue weighted by molar-refractivity contribution is 7.07. The molecule has 2 amide bonds. The topological polar surface area (TPSA) is 72.5 Å². The van der Waals surface area contributed by atoms with Crippen molar-refractivity contribution in [3.05, 3.63) is 40.8 Å². The summed E-state index contributed by atoms with van der Waals surface area (Å²) in [7, 11) is 1.66. The lowest BCUT2D eigenvalue weighted by molar-refractivity contribution is 0.0648. The van der Waals surface area contributed by atoms with E-state index in [1.165, 1.54) is 11.3 Å². The Morgan fingerprint density at radius 1 is 1.42 bits per heavy atom. The molecule has 24 heavy (non-hydrogen) atoms. The molecule has 1 aliphatic carbocycles. The first-order valence-corrected chi connectivity index (χ1v) is 8.81. The monoisotopic (exact) mass is 347 g/mol. The standard InChI is InChI=1S/C17H21N3O3S/c1-22-11-17(6-3-7-17)20-16(21)19-13-4-2-5-15(8-13)23-9-14-10-24-12-18-14/h2,4-5,8,10,12H,3,6-7,9,11H2,1H3,(H2,19,20,21). The van der Waals surface area contributed by atoms with Crippen LogP contribution >= 0.6 is 11.3 Å². The average Bonchev–Trinajstić information content (AvgIpc) is 3.05. The lowest BCUT2D eigenvalue weighted by Gasteiger charge is -2.41. The van der Waals surface area contributed by atoms with Gasteiger partial charge in [-0.3, -0.25) is 0 Å². The third-order valence-electron chi connectivity index (χ3n) is 4.07. The number of amides is 2. The minimum absolute atomic E-state index is 0.219. The molecule has 3 rings (SSSR count). The number of hydrogen-bond donors (Lipinski definition) is 2. The Kier molecular flexibility index (Phi) is 5.32. The number of methoxy groups -OCH3 is 1. The molecule has 6 nitrogen and oxygen atoms in total. The van der Waals surface area contributed by atoms with Gasteiger partial charge in [-0.25, -0.2) is 9.78 Å². The molecule has 1 aromatic heterocycles. The highest BCUT2D eigenvalue weighted by Gasteiger charge is 2.38. The molecule has 0 saturated heterocycles. The summed E-state index contributed by atoms with van der Waals surface area (Å²) in [6, 6.07) is 7.12. The van der Waals surface area contributed by atoms with E-state index >= 15 is 0 Å². The van der Waals surface area contributed by atoms with E-state index in [0.29, 0.717) is 24.7 Å². The van der Waals surface area contributed by atoms with Crippen molar-refractivity contribution in [2.24, 2.45) is 0 Å². The number of ether oxygens (including phenoxy) is 2. The van der Waals surface area contributed by atoms with Crippen molar-refractivity contribution < 1.29 is 14.3 Å². The number of aromatic nitrogens is 1. The third-order valence-corrected chi connectivity index (χ3v) is 4.71. The molecule has 0 unspecified atom stereocenters. The van der Waals surface area contributed by atoms with Crippen LogP contribution in [0.5, 0.6) is 5.75 Å². The third kappa shape index (κ3) is 4.24. The van der Waals surface area contributed by atoms with Crippen LogP contribution in [-0.4, -0.2) is 30.3 Å². The number of carbonyl (C=O) groups excluding carboxylic acids is 1. The number of benzene rings is 1. The Bertz CT molecular complexity index is 671. The van der Waals surface area contributed by atoms with Gasteiger partial charge in [-0.1, -0.05) is 6.07 Å². The van der Waals surface area contributed by atoms with Crippen LogP contribution in [0.25, 0.3) is 0 Å². The predicted molar refractivity (Wildman–Crippen MR) is 93.5 cm³/mol. The number of nitrogens with zero attached hydrogens (tertiary/aromatic N) is 1. The lowest BCUT2D eigenvalue weighted by atomic mass is 9.77. The molecule has 1 aliphatic rings. The van der Waals surface area contributed by atoms with E-state index < -0.39 is 0 Å². The molecule has 0 radical (unpaired) electrons. The largest absolute Gasteiger partial charge is 0.487 e. The fourth-order valence-electron chi connectivity index (χ4n) is 2.72. The van der Waals surface area contributed by atoms with Crippen molar-refractivity contribution >= 4 is 23.1 Å². The molecular weight excluding hydrogens is 326 g/mol. The van der Waals surface area contributed by atoms with Crippen LogP contribution in [0.1, 0.15) is 25.0 Å². The van der Waals surface area contributed by atoms with E-state index in [0.717, 1.165) is 25.0 Å². The first-order chi connectivity index (χ1) is 11.7. The Morgan fingerprint density at radius 2 is 2.29 bits per heavy atom. The normalized spacial score (nSPS) is 15.4. The first-order valence-electron chi connectivity index (χ1n) is 7.87. The zero-order valence-electron chi connectivity index (χ0n) is 13.6. The summed E-state index contributed by atoms with van der Waals surface area (Å²) in [4.78, 5) is 16.4. The smallest absolute Gasteiger partial charge is 0.319 e. The molecule has 2 N–H and O–H groups in total. The molecular formula is C17H21N3O3S. The molecule has 1 saturated carbocycles. The summed E-state index contributed by atoms with van der Waals surface area (Å²) in [6.45, 7) is 0.952. The van der Waals surface area contributed by atoms with Crippen LogP contribution < -0.4 is 15.4 Å². The SMILES string of the molecule is COCC1(NC(=O)Nc2cccc(OCc3cscn3)c2)CCC1. The fourth-order valence-corrected chi connectivity index (χ4v) is 3.26. The first kappa shape index (κ1) is 16.7. The molecule has 1 fully saturated rings. The molecule has 0 spiro atoms. The van der Waals surface area contributed by atoms with Gasteiger partial charge in [0.25, 0.3) is 0 Å². The number of thiazole rings is 1. The molecule has 0 atom stereocenters. The Hall–Kier alpha value is -2.12. The number of hydrogen-bond acceptors (Lipinski definition) is 5. The maximum Gasteiger partial charge on any atom is 0.319 e. The van der Waals surface area contributed by atoms with E-state index in [2.05, 4.69) is 15.6 Å². The molecule has 128 valence electrons. The van der Waals surface area contributed by atoms with Crippen LogP contribution in [0, 0.1) is 0 Å². The number of nitrogens with one attached hydrogen (secondary N) is 2. The van der Waals surface area contributed by atoms with Gasteiger partial charge in [-0.05, 0) is 31.4 Å². The van der Waals surface area contributed by atoms with Gasteiger partial charge in [-0.2, -0.15) is 0 Å². The van der Waals surface area contributed by atoms with E-state index in [9.17, 15) is 4.79 Å². The van der Waals surface area contributed by atoms with Crippen LogP contribution in [0.4, 0.5) is 10.5 Å². The van der Waals surface area contributed by atoms with Crippen molar-refractivity contribution in [2.45, 2.75) is 31.4 Å². The van der Waals surface area contributed by atoms with Crippen molar-refractivity contribution in [2.75, 3.05) is 19.0 Å². The van der Waals surface area contributed by atoms with Crippen LogP contribution in [0.3, 0.4) is 0 Å². The maximum atomic E-state index is 12.2. The quantitative estimate of drug-likeness (QED) is 0.805. The van der Waals surface area contributed by atoms with E-state index in [1.807, 2.05) is 23.6 Å². The van der Waals surface area contributed by atoms with Gasteiger partial charge in [0.15, 0.2) is 0 Å². The molecule has 7 heteroatoms. The zero-order valence-corrected chi connectivity index (χ0v) is 14.4. The van der Waals surface area contributed by atoms with Crippen molar-refractivity contribution in [1.82, 2.24) is 10.3 Å². The van der Waals surface area contributed by atoms with Gasteiger partial charge in [0, 0.05) is 24.2 Å².